The molecule has 0 saturated heterocycles. The molecule has 12 heavy (non-hydrogen) atoms. The van der Waals surface area contributed by atoms with Gasteiger partial charge in [-0.2, -0.15) is 0 Å². The Hall–Kier alpha value is -0.370. The molecule has 2 bridgehead atoms. The Kier molecular flexibility index (Phi) is 0.731. The molecule has 0 aromatic carbocycles. The van der Waals surface area contributed by atoms with E-state index in [9.17, 15) is 4.79 Å². The van der Waals surface area contributed by atoms with Crippen LogP contribution in [0.25, 0.3) is 0 Å². The van der Waals surface area contributed by atoms with Gasteiger partial charge in [0, 0.05) is 22.9 Å². The van der Waals surface area contributed by atoms with E-state index in [-0.39, 0.29) is 0 Å². The van der Waals surface area contributed by atoms with Crippen molar-refractivity contribution in [3.05, 3.63) is 0 Å². The summed E-state index contributed by atoms with van der Waals surface area (Å²) in [5, 5.41) is 0. The lowest BCUT2D eigenvalue weighted by atomic mass is 9.61. The lowest BCUT2D eigenvalue weighted by Crippen LogP contribution is -2.51. The molecule has 3 rings (SSSR count). The Balaban J connectivity index is 2.81. The molecule has 3 saturated carbocycles. The van der Waals surface area contributed by atoms with Crippen molar-refractivity contribution in [3.63, 3.8) is 0 Å². The summed E-state index contributed by atoms with van der Waals surface area (Å²) in [6.45, 7) is 1.10. The first-order valence-electron chi connectivity index (χ1n) is 8.05. The van der Waals surface area contributed by atoms with Gasteiger partial charge < -0.3 is 5.73 Å². The van der Waals surface area contributed by atoms with E-state index in [0.717, 1.165) is 6.92 Å². The van der Waals surface area contributed by atoms with Gasteiger partial charge in [0.25, 0.3) is 0 Å². The van der Waals surface area contributed by atoms with Gasteiger partial charge in [-0.1, -0.05) is 0 Å². The molecule has 0 heterocycles. The maximum absolute atomic E-state index is 11.8. The molecule has 2 N–H and O–H groups in total. The molecule has 3 aliphatic rings. The zero-order chi connectivity index (χ0) is 15.9. The molecular weight excluding hydrogens is 150 g/mol. The number of hydrogen-bond donors (Lipinski definition) is 1. The Morgan fingerprint density at radius 2 is 2.08 bits per heavy atom. The second kappa shape index (κ2) is 2.84. The lowest BCUT2D eigenvalue weighted by molar-refractivity contribution is -0.126. The predicted octanol–water partition coefficient (Wildman–Crippen LogP) is 1.34. The van der Waals surface area contributed by atoms with E-state index >= 15 is 0 Å². The fraction of sp³-hybridized carbons (Fsp3) is 0.900. The molecule has 68 valence electrons. The molecule has 0 radical (unpaired) electrons. The van der Waals surface area contributed by atoms with E-state index < -0.39 is 55.1 Å². The van der Waals surface area contributed by atoms with Crippen LogP contribution in [-0.2, 0) is 4.79 Å². The molecular formula is C10H17NO. The first kappa shape index (κ1) is 3.09. The number of fused-ring (bicyclic) bond motifs is 3. The number of Topliss-reactive ketones (excluding diaryl/α,β-unsaturated/α-hetero) is 1. The topological polar surface area (TPSA) is 43.1 Å². The highest BCUT2D eigenvalue weighted by Gasteiger charge is 2.43. The molecule has 0 spiro atoms. The van der Waals surface area contributed by atoms with Crippen molar-refractivity contribution in [2.45, 2.75) is 38.5 Å². The molecule has 0 amide bonds. The third-order valence-electron chi connectivity index (χ3n) is 2.28. The third kappa shape index (κ3) is 1.09. The number of carbonyl (C=O) groups excluding carboxylic acids is 1. The van der Waals surface area contributed by atoms with Crippen molar-refractivity contribution in [2.75, 3.05) is 0 Å². The zero-order valence-corrected chi connectivity index (χ0v) is 6.79. The van der Waals surface area contributed by atoms with Crippen LogP contribution < -0.4 is 5.73 Å². The van der Waals surface area contributed by atoms with Gasteiger partial charge in [0.05, 0.1) is 0 Å². The lowest BCUT2D eigenvalue weighted by Gasteiger charge is -2.46. The van der Waals surface area contributed by atoms with E-state index in [1.54, 1.807) is 0 Å². The molecule has 0 aliphatic heterocycles. The SMILES string of the molecule is [2H]C1C([2H])[C@]2([2H])[C@H](N)[C@@H](C(C)=O)C1([2H])C([2H])([2H])C2([2H])[2H]. The first-order valence-corrected chi connectivity index (χ1v) is 3.90. The van der Waals surface area contributed by atoms with Crippen LogP contribution in [0.2, 0.25) is 0 Å². The van der Waals surface area contributed by atoms with Crippen molar-refractivity contribution < 1.29 is 15.8 Å². The van der Waals surface area contributed by atoms with Crippen LogP contribution >= 0.6 is 0 Å². The number of carbonyl (C=O) groups is 1. The van der Waals surface area contributed by atoms with Gasteiger partial charge in [-0.25, -0.2) is 0 Å². The molecule has 3 unspecified atom stereocenters. The highest BCUT2D eigenvalue weighted by molar-refractivity contribution is 5.79. The van der Waals surface area contributed by atoms with E-state index in [2.05, 4.69) is 0 Å². The van der Waals surface area contributed by atoms with Gasteiger partial charge in [0.2, 0.25) is 0 Å². The average molecular weight is 175 g/mol. The number of nitrogens with two attached hydrogens (primary N) is 1. The van der Waals surface area contributed by atoms with Crippen LogP contribution in [0.5, 0.6) is 0 Å². The van der Waals surface area contributed by atoms with Crippen molar-refractivity contribution in [1.82, 2.24) is 0 Å². The van der Waals surface area contributed by atoms with Crippen molar-refractivity contribution in [3.8, 4) is 0 Å². The largest absolute Gasteiger partial charge is 0.327 e. The second-order valence-corrected chi connectivity index (χ2v) is 3.11. The van der Waals surface area contributed by atoms with Crippen LogP contribution in [0.4, 0.5) is 0 Å². The summed E-state index contributed by atoms with van der Waals surface area (Å²) in [6.07, 6.45) is -9.22. The summed E-state index contributed by atoms with van der Waals surface area (Å²) in [6, 6.07) is -1.49. The molecule has 3 aliphatic carbocycles. The quantitative estimate of drug-likeness (QED) is 0.653. The minimum atomic E-state index is -2.92. The Morgan fingerprint density at radius 1 is 1.50 bits per heavy atom. The predicted molar refractivity (Wildman–Crippen MR) is 47.6 cm³/mol. The van der Waals surface area contributed by atoms with E-state index in [0.29, 0.717) is 0 Å². The van der Waals surface area contributed by atoms with Crippen molar-refractivity contribution in [1.29, 1.82) is 0 Å². The molecule has 6 atom stereocenters. The molecule has 3 fully saturated rings. The smallest absolute Gasteiger partial charge is 0.134 e. The summed E-state index contributed by atoms with van der Waals surface area (Å²) < 4.78 is 64.1. The molecule has 2 nitrogen and oxygen atoms in total. The number of rotatable bonds is 1. The summed E-state index contributed by atoms with van der Waals surface area (Å²) in [5.74, 6) is -7.03. The number of ketones is 1. The molecule has 0 aromatic rings. The van der Waals surface area contributed by atoms with Gasteiger partial charge in [0.15, 0.2) is 0 Å². The highest BCUT2D eigenvalue weighted by atomic mass is 16.1. The third-order valence-corrected chi connectivity index (χ3v) is 2.28. The maximum atomic E-state index is 11.8. The molecule has 2 heteroatoms. The minimum Gasteiger partial charge on any atom is -0.327 e. The maximum Gasteiger partial charge on any atom is 0.134 e. The summed E-state index contributed by atoms with van der Waals surface area (Å²) in [4.78, 5) is 11.8. The summed E-state index contributed by atoms with van der Waals surface area (Å²) in [5.41, 5.74) is 5.80. The standard InChI is InChI=1S/C10H17NO/c1-6(12)9-7-2-4-8(5-3-7)10(9)11/h7-10H,2-5,11H2,1H3/t7?,8-,9-,10-/m0/s1/i2D,3D2,4D,5D2,7D,8D/t2?,4?,7?,8-,9-,10-. The van der Waals surface area contributed by atoms with Crippen LogP contribution in [0.1, 0.15) is 43.4 Å². The second-order valence-electron chi connectivity index (χ2n) is 3.11. The highest BCUT2D eigenvalue weighted by Crippen LogP contribution is 2.44. The van der Waals surface area contributed by atoms with Crippen molar-refractivity contribution >= 4 is 5.78 Å². The Labute approximate surface area is 84.8 Å². The zero-order valence-electron chi connectivity index (χ0n) is 14.8. The fourth-order valence-corrected chi connectivity index (χ4v) is 1.63. The summed E-state index contributed by atoms with van der Waals surface area (Å²) >= 11 is 0. The van der Waals surface area contributed by atoms with Crippen molar-refractivity contribution in [2.24, 2.45) is 23.4 Å². The van der Waals surface area contributed by atoms with Crippen LogP contribution in [0.3, 0.4) is 0 Å². The van der Waals surface area contributed by atoms with Gasteiger partial charge >= 0.3 is 0 Å². The summed E-state index contributed by atoms with van der Waals surface area (Å²) in [7, 11) is 0. The van der Waals surface area contributed by atoms with Crippen LogP contribution in [-0.4, -0.2) is 11.8 Å². The minimum absolute atomic E-state index is 0.646. The van der Waals surface area contributed by atoms with Crippen LogP contribution in [0, 0.1) is 17.7 Å². The van der Waals surface area contributed by atoms with E-state index in [1.165, 1.54) is 0 Å². The monoisotopic (exact) mass is 175 g/mol. The first-order chi connectivity index (χ1) is 8.79. The van der Waals surface area contributed by atoms with E-state index in [1.807, 2.05) is 0 Å². The Morgan fingerprint density at radius 3 is 2.75 bits per heavy atom. The normalized spacial score (nSPS) is 88.8. The van der Waals surface area contributed by atoms with Crippen LogP contribution in [0.15, 0.2) is 0 Å². The van der Waals surface area contributed by atoms with Gasteiger partial charge in [-0.3, -0.25) is 4.79 Å². The fourth-order valence-electron chi connectivity index (χ4n) is 1.63. The van der Waals surface area contributed by atoms with Gasteiger partial charge in [-0.05, 0) is 44.3 Å². The number of hydrogen-bond acceptors (Lipinski definition) is 2. The van der Waals surface area contributed by atoms with Gasteiger partial charge in [0.1, 0.15) is 5.78 Å². The molecule has 0 aromatic heterocycles. The Bertz CT molecular complexity index is 470. The van der Waals surface area contributed by atoms with E-state index in [4.69, 9.17) is 16.7 Å². The van der Waals surface area contributed by atoms with Gasteiger partial charge in [-0.15, -0.1) is 0 Å². The average Bonchev–Trinajstić information content (AvgIpc) is 2.31.